The standard InChI is InChI=1S/C18H18N2O2/c1-20-16-10-11(8-9-15(16)18(19)22)12-4-2-6-14-13(12)5-3-7-17(14)21/h2,4,6,8-10,20H,3,5,7H2,1H3,(H2,19,22). The van der Waals surface area contributed by atoms with E-state index in [0.29, 0.717) is 17.7 Å². The summed E-state index contributed by atoms with van der Waals surface area (Å²) in [6, 6.07) is 11.4. The van der Waals surface area contributed by atoms with Crippen molar-refractivity contribution in [3.8, 4) is 11.1 Å². The third-order valence-corrected chi connectivity index (χ3v) is 4.17. The van der Waals surface area contributed by atoms with E-state index in [1.807, 2.05) is 30.3 Å². The molecule has 0 bridgehead atoms. The van der Waals surface area contributed by atoms with Crippen LogP contribution in [0, 0.1) is 0 Å². The molecule has 4 heteroatoms. The van der Waals surface area contributed by atoms with Gasteiger partial charge >= 0.3 is 0 Å². The minimum atomic E-state index is -0.457. The van der Waals surface area contributed by atoms with Crippen LogP contribution < -0.4 is 11.1 Å². The van der Waals surface area contributed by atoms with E-state index in [4.69, 9.17) is 5.73 Å². The van der Waals surface area contributed by atoms with Crippen molar-refractivity contribution in [2.24, 2.45) is 5.73 Å². The van der Waals surface area contributed by atoms with Crippen LogP contribution in [0.25, 0.3) is 11.1 Å². The topological polar surface area (TPSA) is 72.2 Å². The number of ketones is 1. The maximum atomic E-state index is 12.1. The van der Waals surface area contributed by atoms with Crippen molar-refractivity contribution in [2.45, 2.75) is 19.3 Å². The smallest absolute Gasteiger partial charge is 0.250 e. The zero-order valence-corrected chi connectivity index (χ0v) is 12.5. The van der Waals surface area contributed by atoms with E-state index in [1.54, 1.807) is 13.1 Å². The van der Waals surface area contributed by atoms with Gasteiger partial charge < -0.3 is 11.1 Å². The lowest BCUT2D eigenvalue weighted by Crippen LogP contribution is -2.14. The minimum absolute atomic E-state index is 0.214. The number of rotatable bonds is 3. The van der Waals surface area contributed by atoms with Crippen molar-refractivity contribution < 1.29 is 9.59 Å². The molecular weight excluding hydrogens is 276 g/mol. The fraction of sp³-hybridized carbons (Fsp3) is 0.222. The van der Waals surface area contributed by atoms with Gasteiger partial charge in [0.05, 0.1) is 5.56 Å². The van der Waals surface area contributed by atoms with Gasteiger partial charge in [-0.25, -0.2) is 0 Å². The predicted octanol–water partition coefficient (Wildman–Crippen LogP) is 3.01. The average molecular weight is 294 g/mol. The number of nitrogens with two attached hydrogens (primary N) is 1. The summed E-state index contributed by atoms with van der Waals surface area (Å²) in [5, 5.41) is 3.01. The van der Waals surface area contributed by atoms with E-state index in [2.05, 4.69) is 5.32 Å². The van der Waals surface area contributed by atoms with Gasteiger partial charge in [0.25, 0.3) is 5.91 Å². The molecule has 0 aromatic heterocycles. The Labute approximate surface area is 129 Å². The highest BCUT2D eigenvalue weighted by atomic mass is 16.1. The third-order valence-electron chi connectivity index (χ3n) is 4.17. The summed E-state index contributed by atoms with van der Waals surface area (Å²) in [7, 11) is 1.76. The summed E-state index contributed by atoms with van der Waals surface area (Å²) < 4.78 is 0. The van der Waals surface area contributed by atoms with Crippen LogP contribution in [0.3, 0.4) is 0 Å². The number of primary amides is 1. The van der Waals surface area contributed by atoms with Gasteiger partial charge in [-0.1, -0.05) is 24.3 Å². The largest absolute Gasteiger partial charge is 0.387 e. The number of amides is 1. The number of fused-ring (bicyclic) bond motifs is 1. The molecule has 1 aliphatic rings. The molecule has 3 rings (SSSR count). The molecule has 4 nitrogen and oxygen atoms in total. The van der Waals surface area contributed by atoms with Crippen molar-refractivity contribution in [3.63, 3.8) is 0 Å². The van der Waals surface area contributed by atoms with Crippen molar-refractivity contribution in [1.29, 1.82) is 0 Å². The monoisotopic (exact) mass is 294 g/mol. The molecule has 0 unspecified atom stereocenters. The number of hydrogen-bond acceptors (Lipinski definition) is 3. The molecule has 2 aromatic carbocycles. The molecule has 112 valence electrons. The van der Waals surface area contributed by atoms with Gasteiger partial charge in [0.2, 0.25) is 0 Å². The normalized spacial score (nSPS) is 13.6. The summed E-state index contributed by atoms with van der Waals surface area (Å²) in [5.41, 5.74) is 10.5. The minimum Gasteiger partial charge on any atom is -0.387 e. The van der Waals surface area contributed by atoms with E-state index in [1.165, 1.54) is 0 Å². The maximum Gasteiger partial charge on any atom is 0.250 e. The number of carbonyl (C=O) groups excluding carboxylic acids is 2. The second-order valence-corrected chi connectivity index (χ2v) is 5.48. The third kappa shape index (κ3) is 2.37. The molecular formula is C18H18N2O2. The first-order chi connectivity index (χ1) is 10.6. The lowest BCUT2D eigenvalue weighted by molar-refractivity contribution is 0.0970. The molecule has 0 heterocycles. The molecule has 0 spiro atoms. The van der Waals surface area contributed by atoms with E-state index < -0.39 is 5.91 Å². The Morgan fingerprint density at radius 1 is 1.14 bits per heavy atom. The Balaban J connectivity index is 2.14. The Bertz CT molecular complexity index is 766. The van der Waals surface area contributed by atoms with Gasteiger partial charge in [-0.3, -0.25) is 9.59 Å². The second kappa shape index (κ2) is 5.64. The first-order valence-electron chi connectivity index (χ1n) is 7.39. The van der Waals surface area contributed by atoms with Crippen LogP contribution in [0.1, 0.15) is 39.1 Å². The summed E-state index contributed by atoms with van der Waals surface area (Å²) in [6.45, 7) is 0. The number of hydrogen-bond donors (Lipinski definition) is 2. The van der Waals surface area contributed by atoms with E-state index >= 15 is 0 Å². The van der Waals surface area contributed by atoms with Crippen LogP contribution in [0.15, 0.2) is 36.4 Å². The van der Waals surface area contributed by atoms with Gasteiger partial charge in [-0.15, -0.1) is 0 Å². The van der Waals surface area contributed by atoms with Gasteiger partial charge in [0.15, 0.2) is 5.78 Å². The van der Waals surface area contributed by atoms with Gasteiger partial charge in [0, 0.05) is 24.7 Å². The summed E-state index contributed by atoms with van der Waals surface area (Å²) >= 11 is 0. The molecule has 22 heavy (non-hydrogen) atoms. The van der Waals surface area contributed by atoms with Gasteiger partial charge in [0.1, 0.15) is 0 Å². The number of anilines is 1. The fourth-order valence-corrected chi connectivity index (χ4v) is 3.08. The van der Waals surface area contributed by atoms with Crippen LogP contribution in [-0.2, 0) is 6.42 Å². The number of benzene rings is 2. The van der Waals surface area contributed by atoms with Crippen molar-refractivity contribution >= 4 is 17.4 Å². The van der Waals surface area contributed by atoms with E-state index in [-0.39, 0.29) is 5.78 Å². The zero-order chi connectivity index (χ0) is 15.7. The quantitative estimate of drug-likeness (QED) is 0.914. The highest BCUT2D eigenvalue weighted by molar-refractivity contribution is 6.01. The van der Waals surface area contributed by atoms with Crippen LogP contribution in [0.5, 0.6) is 0 Å². The fourth-order valence-electron chi connectivity index (χ4n) is 3.08. The summed E-state index contributed by atoms with van der Waals surface area (Å²) in [4.78, 5) is 23.5. The molecule has 0 radical (unpaired) electrons. The molecule has 3 N–H and O–H groups in total. The Kier molecular flexibility index (Phi) is 3.67. The second-order valence-electron chi connectivity index (χ2n) is 5.48. The SMILES string of the molecule is CNc1cc(-c2cccc3c2CCCC3=O)ccc1C(N)=O. The Morgan fingerprint density at radius 2 is 1.91 bits per heavy atom. The van der Waals surface area contributed by atoms with Crippen LogP contribution >= 0.6 is 0 Å². The molecule has 0 aliphatic heterocycles. The summed E-state index contributed by atoms with van der Waals surface area (Å²) in [5.74, 6) is -0.244. The first-order valence-corrected chi connectivity index (χ1v) is 7.39. The first kappa shape index (κ1) is 14.3. The van der Waals surface area contributed by atoms with Crippen molar-refractivity contribution in [3.05, 3.63) is 53.1 Å². The number of Topliss-reactive ketones (excluding diaryl/α,β-unsaturated/α-hetero) is 1. The summed E-state index contributed by atoms with van der Waals surface area (Å²) in [6.07, 6.45) is 2.42. The van der Waals surface area contributed by atoms with Crippen LogP contribution in [-0.4, -0.2) is 18.7 Å². The Hall–Kier alpha value is -2.62. The molecule has 0 saturated heterocycles. The van der Waals surface area contributed by atoms with E-state index in [9.17, 15) is 9.59 Å². The number of nitrogens with one attached hydrogen (secondary N) is 1. The molecule has 1 amide bonds. The average Bonchev–Trinajstić information content (AvgIpc) is 2.54. The number of carbonyl (C=O) groups is 2. The highest BCUT2D eigenvalue weighted by Crippen LogP contribution is 2.33. The van der Waals surface area contributed by atoms with Crippen LogP contribution in [0.4, 0.5) is 5.69 Å². The molecule has 0 saturated carbocycles. The Morgan fingerprint density at radius 3 is 2.64 bits per heavy atom. The van der Waals surface area contributed by atoms with Crippen molar-refractivity contribution in [1.82, 2.24) is 0 Å². The highest BCUT2D eigenvalue weighted by Gasteiger charge is 2.20. The maximum absolute atomic E-state index is 12.1. The van der Waals surface area contributed by atoms with Gasteiger partial charge in [-0.05, 0) is 41.7 Å². The zero-order valence-electron chi connectivity index (χ0n) is 12.5. The molecule has 2 aromatic rings. The van der Waals surface area contributed by atoms with Crippen molar-refractivity contribution in [2.75, 3.05) is 12.4 Å². The van der Waals surface area contributed by atoms with Crippen LogP contribution in [0.2, 0.25) is 0 Å². The van der Waals surface area contributed by atoms with E-state index in [0.717, 1.165) is 35.1 Å². The molecule has 1 aliphatic carbocycles. The molecule has 0 fully saturated rings. The molecule has 0 atom stereocenters. The predicted molar refractivity (Wildman–Crippen MR) is 87.2 cm³/mol. The van der Waals surface area contributed by atoms with Gasteiger partial charge in [-0.2, -0.15) is 0 Å². The lowest BCUT2D eigenvalue weighted by Gasteiger charge is -2.19. The lowest BCUT2D eigenvalue weighted by atomic mass is 9.85.